The Morgan fingerprint density at radius 1 is 1.21 bits per heavy atom. The van der Waals surface area contributed by atoms with Crippen molar-refractivity contribution in [2.24, 2.45) is 0 Å². The van der Waals surface area contributed by atoms with E-state index in [1.54, 1.807) is 0 Å². The first-order chi connectivity index (χ1) is 13.3. The van der Waals surface area contributed by atoms with Crippen molar-refractivity contribution < 1.29 is 13.2 Å². The summed E-state index contributed by atoms with van der Waals surface area (Å²) in [5.41, 5.74) is 2.91. The van der Waals surface area contributed by atoms with Gasteiger partial charge in [0.1, 0.15) is 0 Å². The van der Waals surface area contributed by atoms with Gasteiger partial charge < -0.3 is 5.32 Å². The number of hydrogen-bond donors (Lipinski definition) is 1. The molecule has 1 amide bonds. The minimum Gasteiger partial charge on any atom is -0.350 e. The van der Waals surface area contributed by atoms with Crippen LogP contribution in [0.1, 0.15) is 34.8 Å². The van der Waals surface area contributed by atoms with Crippen LogP contribution in [-0.2, 0) is 22.8 Å². The lowest BCUT2D eigenvalue weighted by molar-refractivity contribution is 0.0926. The van der Waals surface area contributed by atoms with Crippen LogP contribution in [0.5, 0.6) is 0 Å². The zero-order chi connectivity index (χ0) is 20.3. The fourth-order valence-corrected chi connectivity index (χ4v) is 4.43. The number of rotatable bonds is 6. The van der Waals surface area contributed by atoms with E-state index in [1.807, 2.05) is 0 Å². The molecule has 2 aromatic carbocycles. The van der Waals surface area contributed by atoms with Crippen molar-refractivity contribution in [2.75, 3.05) is 19.3 Å². The van der Waals surface area contributed by atoms with Crippen molar-refractivity contribution in [1.29, 1.82) is 0 Å². The largest absolute Gasteiger partial charge is 0.350 e. The van der Waals surface area contributed by atoms with Crippen LogP contribution in [0.4, 0.5) is 0 Å². The van der Waals surface area contributed by atoms with Gasteiger partial charge in [-0.1, -0.05) is 42.8 Å². The van der Waals surface area contributed by atoms with Crippen LogP contribution >= 0.6 is 11.6 Å². The SMILES string of the molecule is CCC(CNC(=O)c1cc(S(C)(=O)=O)ccc1Cl)N1CCc2ccccc2C1. The van der Waals surface area contributed by atoms with E-state index in [0.717, 1.165) is 32.2 Å². The predicted octanol–water partition coefficient (Wildman–Crippen LogP) is 3.31. The Morgan fingerprint density at radius 2 is 1.93 bits per heavy atom. The lowest BCUT2D eigenvalue weighted by atomic mass is 9.98. The first-order valence-electron chi connectivity index (χ1n) is 9.38. The van der Waals surface area contributed by atoms with E-state index >= 15 is 0 Å². The summed E-state index contributed by atoms with van der Waals surface area (Å²) in [4.78, 5) is 15.1. The number of nitrogens with one attached hydrogen (secondary N) is 1. The molecule has 1 atom stereocenters. The molecule has 1 heterocycles. The van der Waals surface area contributed by atoms with Gasteiger partial charge >= 0.3 is 0 Å². The number of amides is 1. The number of fused-ring (bicyclic) bond motifs is 1. The average Bonchev–Trinajstić information content (AvgIpc) is 2.67. The number of nitrogens with zero attached hydrogens (tertiary/aromatic N) is 1. The predicted molar refractivity (Wildman–Crippen MR) is 112 cm³/mol. The molecule has 1 aliphatic heterocycles. The lowest BCUT2D eigenvalue weighted by Gasteiger charge is -2.35. The molecule has 0 aliphatic carbocycles. The Balaban J connectivity index is 1.68. The third kappa shape index (κ3) is 4.74. The van der Waals surface area contributed by atoms with Gasteiger partial charge in [0.2, 0.25) is 0 Å². The summed E-state index contributed by atoms with van der Waals surface area (Å²) in [6.45, 7) is 4.41. The Bertz CT molecular complexity index is 975. The summed E-state index contributed by atoms with van der Waals surface area (Å²) >= 11 is 6.13. The highest BCUT2D eigenvalue weighted by Gasteiger charge is 2.23. The van der Waals surface area contributed by atoms with Gasteiger partial charge in [-0.15, -0.1) is 0 Å². The first-order valence-corrected chi connectivity index (χ1v) is 11.6. The fourth-order valence-electron chi connectivity index (χ4n) is 3.58. The molecule has 0 saturated carbocycles. The summed E-state index contributed by atoms with van der Waals surface area (Å²) < 4.78 is 23.5. The molecule has 7 heteroatoms. The van der Waals surface area contributed by atoms with Gasteiger partial charge in [0.05, 0.1) is 15.5 Å². The zero-order valence-corrected chi connectivity index (χ0v) is 17.7. The van der Waals surface area contributed by atoms with Gasteiger partial charge in [-0.3, -0.25) is 9.69 Å². The molecule has 28 heavy (non-hydrogen) atoms. The van der Waals surface area contributed by atoms with Gasteiger partial charge in [-0.25, -0.2) is 8.42 Å². The van der Waals surface area contributed by atoms with Crippen LogP contribution in [0.3, 0.4) is 0 Å². The van der Waals surface area contributed by atoms with Crippen molar-refractivity contribution in [3.05, 3.63) is 64.2 Å². The summed E-state index contributed by atoms with van der Waals surface area (Å²) in [6, 6.07) is 12.9. The molecule has 2 aromatic rings. The molecule has 1 unspecified atom stereocenters. The van der Waals surface area contributed by atoms with Gasteiger partial charge in [0.25, 0.3) is 5.91 Å². The first kappa shape index (κ1) is 20.8. The van der Waals surface area contributed by atoms with E-state index in [4.69, 9.17) is 11.6 Å². The Hall–Kier alpha value is -1.89. The third-order valence-electron chi connectivity index (χ3n) is 5.26. The molecule has 150 valence electrons. The highest BCUT2D eigenvalue weighted by molar-refractivity contribution is 7.90. The molecule has 1 N–H and O–H groups in total. The quantitative estimate of drug-likeness (QED) is 0.778. The van der Waals surface area contributed by atoms with E-state index in [0.29, 0.717) is 6.54 Å². The van der Waals surface area contributed by atoms with Crippen molar-refractivity contribution in [3.63, 3.8) is 0 Å². The van der Waals surface area contributed by atoms with Crippen molar-refractivity contribution in [1.82, 2.24) is 10.2 Å². The molecule has 0 spiro atoms. The van der Waals surface area contributed by atoms with Crippen LogP contribution < -0.4 is 5.32 Å². The van der Waals surface area contributed by atoms with E-state index in [2.05, 4.69) is 41.4 Å². The van der Waals surface area contributed by atoms with Gasteiger partial charge in [0.15, 0.2) is 9.84 Å². The maximum atomic E-state index is 12.6. The second-order valence-electron chi connectivity index (χ2n) is 7.18. The minimum absolute atomic E-state index is 0.0849. The molecule has 0 radical (unpaired) electrons. The highest BCUT2D eigenvalue weighted by Crippen LogP contribution is 2.22. The van der Waals surface area contributed by atoms with Gasteiger partial charge in [-0.05, 0) is 42.2 Å². The van der Waals surface area contributed by atoms with E-state index < -0.39 is 9.84 Å². The summed E-state index contributed by atoms with van der Waals surface area (Å²) in [6.07, 6.45) is 3.02. The van der Waals surface area contributed by atoms with Crippen molar-refractivity contribution in [3.8, 4) is 0 Å². The van der Waals surface area contributed by atoms with Gasteiger partial charge in [0, 0.05) is 31.9 Å². The number of hydrogen-bond acceptors (Lipinski definition) is 4. The lowest BCUT2D eigenvalue weighted by Crippen LogP contribution is -2.45. The van der Waals surface area contributed by atoms with Crippen LogP contribution in [0.2, 0.25) is 5.02 Å². The van der Waals surface area contributed by atoms with Crippen LogP contribution in [-0.4, -0.2) is 44.6 Å². The molecule has 5 nitrogen and oxygen atoms in total. The molecular weight excluding hydrogens is 396 g/mol. The molecule has 0 saturated heterocycles. The monoisotopic (exact) mass is 420 g/mol. The van der Waals surface area contributed by atoms with Crippen molar-refractivity contribution >= 4 is 27.3 Å². The molecule has 3 rings (SSSR count). The maximum absolute atomic E-state index is 12.6. The smallest absolute Gasteiger partial charge is 0.252 e. The van der Waals surface area contributed by atoms with Crippen LogP contribution in [0.15, 0.2) is 47.4 Å². The number of benzene rings is 2. The fraction of sp³-hybridized carbons (Fsp3) is 0.381. The van der Waals surface area contributed by atoms with E-state index in [1.165, 1.54) is 29.3 Å². The molecular formula is C21H25ClN2O3S. The molecule has 0 aromatic heterocycles. The topological polar surface area (TPSA) is 66.5 Å². The Kier molecular flexibility index (Phi) is 6.43. The van der Waals surface area contributed by atoms with Crippen LogP contribution in [0.25, 0.3) is 0 Å². The summed E-state index contributed by atoms with van der Waals surface area (Å²) in [5.74, 6) is -0.355. The summed E-state index contributed by atoms with van der Waals surface area (Å²) in [7, 11) is -3.40. The minimum atomic E-state index is -3.40. The van der Waals surface area contributed by atoms with Crippen molar-refractivity contribution in [2.45, 2.75) is 37.2 Å². The normalized spacial score (nSPS) is 15.7. The standard InChI is InChI=1S/C21H25ClN2O3S/c1-3-17(24-11-10-15-6-4-5-7-16(15)14-24)13-23-21(25)19-12-18(28(2,26)27)8-9-20(19)22/h4-9,12,17H,3,10-11,13-14H2,1-2H3,(H,23,25). The average molecular weight is 421 g/mol. The Morgan fingerprint density at radius 3 is 2.61 bits per heavy atom. The highest BCUT2D eigenvalue weighted by atomic mass is 35.5. The number of halogens is 1. The summed E-state index contributed by atoms with van der Waals surface area (Å²) in [5, 5.41) is 3.17. The molecule has 0 fully saturated rings. The van der Waals surface area contributed by atoms with E-state index in [-0.39, 0.29) is 27.4 Å². The molecule has 1 aliphatic rings. The Labute approximate surface area is 171 Å². The second kappa shape index (κ2) is 8.64. The maximum Gasteiger partial charge on any atom is 0.252 e. The number of carbonyl (C=O) groups is 1. The second-order valence-corrected chi connectivity index (χ2v) is 9.60. The number of sulfone groups is 1. The molecule has 0 bridgehead atoms. The zero-order valence-electron chi connectivity index (χ0n) is 16.1. The van der Waals surface area contributed by atoms with E-state index in [9.17, 15) is 13.2 Å². The third-order valence-corrected chi connectivity index (χ3v) is 6.70. The van der Waals surface area contributed by atoms with Crippen LogP contribution in [0, 0.1) is 0 Å². The number of carbonyl (C=O) groups excluding carboxylic acids is 1. The van der Waals surface area contributed by atoms with Gasteiger partial charge in [-0.2, -0.15) is 0 Å².